The molecule has 3 amide bonds. The second kappa shape index (κ2) is 15.7. The maximum atomic E-state index is 13.7. The number of halogens is 1. The highest BCUT2D eigenvalue weighted by molar-refractivity contribution is 14.1. The molecule has 0 aliphatic carbocycles. The van der Waals surface area contributed by atoms with Gasteiger partial charge in [0.15, 0.2) is 0 Å². The first-order valence-corrected chi connectivity index (χ1v) is 15.4. The number of aromatic nitrogens is 2. The number of benzene rings is 2. The predicted molar refractivity (Wildman–Crippen MR) is 169 cm³/mol. The van der Waals surface area contributed by atoms with Crippen LogP contribution in [0.15, 0.2) is 67.3 Å². The smallest absolute Gasteiger partial charge is 0.244 e. The molecule has 0 unspecified atom stereocenters. The summed E-state index contributed by atoms with van der Waals surface area (Å²) in [6.45, 7) is 5.20. The Labute approximate surface area is 260 Å². The van der Waals surface area contributed by atoms with Crippen molar-refractivity contribution in [3.63, 3.8) is 0 Å². The van der Waals surface area contributed by atoms with Crippen molar-refractivity contribution in [1.82, 2.24) is 30.8 Å². The molecule has 11 heteroatoms. The summed E-state index contributed by atoms with van der Waals surface area (Å²) in [5, 5.41) is 12.2. The zero-order chi connectivity index (χ0) is 29.9. The van der Waals surface area contributed by atoms with Crippen LogP contribution in [0.4, 0.5) is 0 Å². The number of para-hydroxylation sites is 1. The first-order valence-electron chi connectivity index (χ1n) is 14.3. The maximum Gasteiger partial charge on any atom is 0.244 e. The lowest BCUT2D eigenvalue weighted by atomic mass is 10.0. The van der Waals surface area contributed by atoms with Crippen LogP contribution in [0.25, 0.3) is 0 Å². The Morgan fingerprint density at radius 3 is 2.60 bits per heavy atom. The van der Waals surface area contributed by atoms with E-state index in [-0.39, 0.29) is 24.3 Å². The van der Waals surface area contributed by atoms with Gasteiger partial charge < -0.3 is 30.6 Å². The number of aryl methyl sites for hydroxylation is 1. The van der Waals surface area contributed by atoms with Crippen LogP contribution >= 0.6 is 22.6 Å². The number of rotatable bonds is 5. The zero-order valence-electron chi connectivity index (χ0n) is 24.0. The van der Waals surface area contributed by atoms with E-state index in [4.69, 9.17) is 4.74 Å². The highest BCUT2D eigenvalue weighted by Crippen LogP contribution is 2.19. The summed E-state index contributed by atoms with van der Waals surface area (Å²) < 4.78 is 8.92. The highest BCUT2D eigenvalue weighted by atomic mass is 127. The molecule has 4 rings (SSSR count). The Hall–Kier alpha value is -3.45. The SMILES string of the molecule is CC(C)[C@H]1NC(=O)[C@@H](Cc2cccc(I)c2)NCCOc2ccccc2CCCNC(=O)[C@H](Cn2ccnc2)NC1=O. The zero-order valence-corrected chi connectivity index (χ0v) is 26.2. The van der Waals surface area contributed by atoms with Crippen molar-refractivity contribution in [3.8, 4) is 5.75 Å². The minimum Gasteiger partial charge on any atom is -0.492 e. The van der Waals surface area contributed by atoms with Crippen molar-refractivity contribution in [3.05, 3.63) is 81.9 Å². The number of hydrogen-bond acceptors (Lipinski definition) is 6. The molecular weight excluding hydrogens is 647 g/mol. The van der Waals surface area contributed by atoms with Gasteiger partial charge in [-0.05, 0) is 77.1 Å². The fraction of sp³-hybridized carbons (Fsp3) is 0.419. The lowest BCUT2D eigenvalue weighted by molar-refractivity contribution is -0.133. The fourth-order valence-electron chi connectivity index (χ4n) is 4.87. The van der Waals surface area contributed by atoms with E-state index in [2.05, 4.69) is 48.8 Å². The van der Waals surface area contributed by atoms with Crippen molar-refractivity contribution < 1.29 is 19.1 Å². The van der Waals surface area contributed by atoms with Gasteiger partial charge in [-0.25, -0.2) is 4.98 Å². The summed E-state index contributed by atoms with van der Waals surface area (Å²) in [7, 11) is 0. The summed E-state index contributed by atoms with van der Waals surface area (Å²) in [5.74, 6) is -0.426. The van der Waals surface area contributed by atoms with E-state index in [1.54, 1.807) is 23.3 Å². The van der Waals surface area contributed by atoms with E-state index in [1.807, 2.05) is 62.4 Å². The molecule has 3 atom stereocenters. The van der Waals surface area contributed by atoms with Crippen LogP contribution < -0.4 is 26.0 Å². The number of nitrogens with one attached hydrogen (secondary N) is 4. The Morgan fingerprint density at radius 1 is 1.00 bits per heavy atom. The second-order valence-electron chi connectivity index (χ2n) is 10.7. The molecular formula is C31H39IN6O4. The number of amides is 3. The van der Waals surface area contributed by atoms with E-state index in [0.29, 0.717) is 32.5 Å². The molecule has 2 heterocycles. The van der Waals surface area contributed by atoms with Crippen LogP contribution in [0.2, 0.25) is 0 Å². The number of imidazole rings is 1. The van der Waals surface area contributed by atoms with Gasteiger partial charge in [-0.2, -0.15) is 0 Å². The van der Waals surface area contributed by atoms with Gasteiger partial charge in [-0.15, -0.1) is 0 Å². The van der Waals surface area contributed by atoms with Crippen molar-refractivity contribution >= 4 is 40.3 Å². The molecule has 0 radical (unpaired) electrons. The normalized spacial score (nSPS) is 21.2. The molecule has 1 aliphatic rings. The Kier molecular flexibility index (Phi) is 11.8. The monoisotopic (exact) mass is 686 g/mol. The van der Waals surface area contributed by atoms with Crippen molar-refractivity contribution in [2.24, 2.45) is 5.92 Å². The molecule has 224 valence electrons. The van der Waals surface area contributed by atoms with Crippen molar-refractivity contribution in [2.45, 2.75) is 57.8 Å². The number of nitrogens with zero attached hydrogens (tertiary/aromatic N) is 2. The minimum atomic E-state index is -0.848. The first-order chi connectivity index (χ1) is 20.3. The second-order valence-corrected chi connectivity index (χ2v) is 12.0. The largest absolute Gasteiger partial charge is 0.492 e. The Morgan fingerprint density at radius 2 is 1.83 bits per heavy atom. The lowest BCUT2D eigenvalue weighted by Gasteiger charge is -2.28. The van der Waals surface area contributed by atoms with Gasteiger partial charge in [0.25, 0.3) is 0 Å². The molecule has 0 fully saturated rings. The molecule has 0 saturated heterocycles. The van der Waals surface area contributed by atoms with Gasteiger partial charge >= 0.3 is 0 Å². The van der Waals surface area contributed by atoms with E-state index < -0.39 is 24.0 Å². The van der Waals surface area contributed by atoms with Crippen LogP contribution in [0.3, 0.4) is 0 Å². The minimum absolute atomic E-state index is 0.212. The average Bonchev–Trinajstić information content (AvgIpc) is 3.48. The van der Waals surface area contributed by atoms with Gasteiger partial charge in [-0.3, -0.25) is 14.4 Å². The molecule has 3 aromatic rings. The van der Waals surface area contributed by atoms with E-state index >= 15 is 0 Å². The van der Waals surface area contributed by atoms with Gasteiger partial charge in [0.2, 0.25) is 17.7 Å². The third kappa shape index (κ3) is 9.28. The van der Waals surface area contributed by atoms with Crippen LogP contribution in [0.5, 0.6) is 5.75 Å². The van der Waals surface area contributed by atoms with Crippen molar-refractivity contribution in [1.29, 1.82) is 0 Å². The van der Waals surface area contributed by atoms with E-state index in [1.165, 1.54) is 0 Å². The molecule has 0 spiro atoms. The van der Waals surface area contributed by atoms with Crippen LogP contribution in [-0.4, -0.2) is 65.1 Å². The quantitative estimate of drug-likeness (QED) is 0.306. The maximum absolute atomic E-state index is 13.7. The summed E-state index contributed by atoms with van der Waals surface area (Å²) in [6, 6.07) is 13.6. The summed E-state index contributed by atoms with van der Waals surface area (Å²) in [4.78, 5) is 44.5. The van der Waals surface area contributed by atoms with Crippen LogP contribution in [0, 0.1) is 9.49 Å². The van der Waals surface area contributed by atoms with Gasteiger partial charge in [0, 0.05) is 29.1 Å². The van der Waals surface area contributed by atoms with Gasteiger partial charge in [0.1, 0.15) is 24.4 Å². The van der Waals surface area contributed by atoms with Crippen molar-refractivity contribution in [2.75, 3.05) is 19.7 Å². The standard InChI is InChI=1S/C31H39IN6O4/c1-21(2)28-31(41)36-26(19-38-15-13-33-20-38)29(39)35-12-6-9-23-8-3-4-11-27(23)42-16-14-34-25(30(40)37-28)18-22-7-5-10-24(32)17-22/h3-5,7-8,10-11,13,15,17,20-21,25-26,28,34H,6,9,12,14,16,18-19H2,1-2H3,(H,35,39)(H,36,41)(H,37,40)/t25-,26+,28-/m1/s1. The van der Waals surface area contributed by atoms with Gasteiger partial charge in [-0.1, -0.05) is 44.2 Å². The molecule has 42 heavy (non-hydrogen) atoms. The van der Waals surface area contributed by atoms with E-state index in [9.17, 15) is 14.4 Å². The average molecular weight is 687 g/mol. The predicted octanol–water partition coefficient (Wildman–Crippen LogP) is 2.46. The van der Waals surface area contributed by atoms with Crippen LogP contribution in [-0.2, 0) is 33.8 Å². The molecule has 4 N–H and O–H groups in total. The summed E-state index contributed by atoms with van der Waals surface area (Å²) in [6.07, 6.45) is 6.83. The number of hydrogen-bond donors (Lipinski definition) is 4. The summed E-state index contributed by atoms with van der Waals surface area (Å²) in [5.41, 5.74) is 2.05. The lowest BCUT2D eigenvalue weighted by Crippen LogP contribution is -2.59. The topological polar surface area (TPSA) is 126 Å². The third-order valence-electron chi connectivity index (χ3n) is 7.12. The molecule has 1 aliphatic heterocycles. The number of carbonyl (C=O) groups excluding carboxylic acids is 3. The first kappa shape index (κ1) is 31.5. The third-order valence-corrected chi connectivity index (χ3v) is 7.79. The molecule has 2 aromatic carbocycles. The molecule has 0 saturated carbocycles. The Balaban J connectivity index is 1.59. The molecule has 0 bridgehead atoms. The Bertz CT molecular complexity index is 1330. The molecule has 1 aromatic heterocycles. The van der Waals surface area contributed by atoms with E-state index in [0.717, 1.165) is 26.9 Å². The molecule has 10 nitrogen and oxygen atoms in total. The number of ether oxygens (including phenoxy) is 1. The van der Waals surface area contributed by atoms with Crippen LogP contribution in [0.1, 0.15) is 31.4 Å². The fourth-order valence-corrected chi connectivity index (χ4v) is 5.47. The number of carbonyl (C=O) groups is 3. The highest BCUT2D eigenvalue weighted by Gasteiger charge is 2.31. The van der Waals surface area contributed by atoms with Gasteiger partial charge in [0.05, 0.1) is 18.9 Å². The summed E-state index contributed by atoms with van der Waals surface area (Å²) >= 11 is 2.25. The number of fused-ring (bicyclic) bond motifs is 1.